The summed E-state index contributed by atoms with van der Waals surface area (Å²) in [6, 6.07) is 7.95. The van der Waals surface area contributed by atoms with Crippen LogP contribution in [0.4, 0.5) is 16.2 Å². The van der Waals surface area contributed by atoms with Gasteiger partial charge in [-0.05, 0) is 63.8 Å². The van der Waals surface area contributed by atoms with Gasteiger partial charge in [-0.1, -0.05) is 0 Å². The van der Waals surface area contributed by atoms with Gasteiger partial charge in [0, 0.05) is 36.5 Å². The zero-order valence-corrected chi connectivity index (χ0v) is 13.7. The number of rotatable bonds is 3. The summed E-state index contributed by atoms with van der Waals surface area (Å²) in [5.41, 5.74) is 7.35. The van der Waals surface area contributed by atoms with Crippen molar-refractivity contribution in [3.05, 3.63) is 24.3 Å². The van der Waals surface area contributed by atoms with Gasteiger partial charge in [0.05, 0.1) is 0 Å². The number of benzene rings is 1. The highest BCUT2D eigenvalue weighted by molar-refractivity contribution is 5.66. The summed E-state index contributed by atoms with van der Waals surface area (Å²) < 4.78 is 0. The van der Waals surface area contributed by atoms with Crippen LogP contribution in [0.3, 0.4) is 0 Å². The molecule has 22 heavy (non-hydrogen) atoms. The Morgan fingerprint density at radius 1 is 1.27 bits per heavy atom. The molecular weight excluding hydrogens is 278 g/mol. The lowest BCUT2D eigenvalue weighted by Crippen LogP contribution is -2.49. The number of carboxylic acid groups (broad SMARTS) is 1. The second kappa shape index (κ2) is 6.46. The van der Waals surface area contributed by atoms with Gasteiger partial charge in [0.1, 0.15) is 0 Å². The number of amides is 1. The van der Waals surface area contributed by atoms with Crippen molar-refractivity contribution in [1.29, 1.82) is 0 Å². The maximum atomic E-state index is 11.4. The number of nitrogen functional groups attached to an aromatic ring is 1. The topological polar surface area (TPSA) is 69.8 Å². The van der Waals surface area contributed by atoms with Gasteiger partial charge >= 0.3 is 6.09 Å². The lowest BCUT2D eigenvalue weighted by molar-refractivity contribution is 0.0852. The van der Waals surface area contributed by atoms with E-state index >= 15 is 0 Å². The van der Waals surface area contributed by atoms with Crippen LogP contribution in [0.5, 0.6) is 0 Å². The van der Waals surface area contributed by atoms with Crippen molar-refractivity contribution >= 4 is 17.5 Å². The van der Waals surface area contributed by atoms with E-state index < -0.39 is 6.09 Å². The van der Waals surface area contributed by atoms with Gasteiger partial charge in [-0.25, -0.2) is 4.79 Å². The van der Waals surface area contributed by atoms with Crippen LogP contribution >= 0.6 is 0 Å². The summed E-state index contributed by atoms with van der Waals surface area (Å²) in [6.45, 7) is 8.40. The molecule has 0 aromatic heterocycles. The maximum Gasteiger partial charge on any atom is 0.407 e. The smallest absolute Gasteiger partial charge is 0.407 e. The molecule has 1 aromatic carbocycles. The van der Waals surface area contributed by atoms with E-state index in [2.05, 4.69) is 4.90 Å². The van der Waals surface area contributed by atoms with E-state index in [0.717, 1.165) is 31.6 Å². The average Bonchev–Trinajstić information content (AvgIpc) is 2.45. The van der Waals surface area contributed by atoms with Gasteiger partial charge < -0.3 is 20.6 Å². The van der Waals surface area contributed by atoms with Gasteiger partial charge in [0.2, 0.25) is 0 Å². The standard InChI is InChI=1S/C17H27N3O2/c1-17(2,3)20(16(21)22)12-13-8-10-19(11-9-13)15-6-4-14(18)5-7-15/h4-7,13H,8-12,18H2,1-3H3,(H,21,22). The molecule has 1 fully saturated rings. The van der Waals surface area contributed by atoms with Crippen molar-refractivity contribution < 1.29 is 9.90 Å². The second-order valence-corrected chi connectivity index (χ2v) is 7.09. The maximum absolute atomic E-state index is 11.4. The third kappa shape index (κ3) is 4.06. The molecule has 1 amide bonds. The van der Waals surface area contributed by atoms with E-state index in [1.54, 1.807) is 4.90 Å². The number of nitrogens with zero attached hydrogens (tertiary/aromatic N) is 2. The Balaban J connectivity index is 1.91. The normalized spacial score (nSPS) is 16.6. The van der Waals surface area contributed by atoms with Gasteiger partial charge in [0.25, 0.3) is 0 Å². The lowest BCUT2D eigenvalue weighted by atomic mass is 9.94. The van der Waals surface area contributed by atoms with Crippen molar-refractivity contribution in [3.63, 3.8) is 0 Å². The summed E-state index contributed by atoms with van der Waals surface area (Å²) >= 11 is 0. The van der Waals surface area contributed by atoms with Gasteiger partial charge in [-0.15, -0.1) is 0 Å². The molecule has 1 heterocycles. The monoisotopic (exact) mass is 305 g/mol. The van der Waals surface area contributed by atoms with Crippen molar-refractivity contribution in [1.82, 2.24) is 4.90 Å². The first-order valence-electron chi connectivity index (χ1n) is 7.88. The third-order valence-electron chi connectivity index (χ3n) is 4.35. The Morgan fingerprint density at radius 3 is 2.27 bits per heavy atom. The molecule has 1 aliphatic rings. The summed E-state index contributed by atoms with van der Waals surface area (Å²) in [5, 5.41) is 9.40. The molecule has 0 spiro atoms. The van der Waals surface area contributed by atoms with Crippen LogP contribution < -0.4 is 10.6 Å². The predicted octanol–water partition coefficient (Wildman–Crippen LogP) is 3.26. The first-order chi connectivity index (χ1) is 10.3. The fourth-order valence-corrected chi connectivity index (χ4v) is 2.96. The first kappa shape index (κ1) is 16.5. The van der Waals surface area contributed by atoms with Crippen LogP contribution in [0.15, 0.2) is 24.3 Å². The Kier molecular flexibility index (Phi) is 4.84. The number of piperidine rings is 1. The van der Waals surface area contributed by atoms with E-state index in [9.17, 15) is 9.90 Å². The molecule has 1 saturated heterocycles. The zero-order chi connectivity index (χ0) is 16.3. The van der Waals surface area contributed by atoms with E-state index in [0.29, 0.717) is 12.5 Å². The number of anilines is 2. The van der Waals surface area contributed by atoms with E-state index in [-0.39, 0.29) is 5.54 Å². The highest BCUT2D eigenvalue weighted by Gasteiger charge is 2.30. The summed E-state index contributed by atoms with van der Waals surface area (Å²) in [4.78, 5) is 15.4. The number of hydrogen-bond acceptors (Lipinski definition) is 3. The summed E-state index contributed by atoms with van der Waals surface area (Å²) in [6.07, 6.45) is 1.21. The highest BCUT2D eigenvalue weighted by atomic mass is 16.4. The van der Waals surface area contributed by atoms with E-state index in [1.165, 1.54) is 5.69 Å². The second-order valence-electron chi connectivity index (χ2n) is 7.09. The molecule has 1 aliphatic heterocycles. The molecule has 3 N–H and O–H groups in total. The molecule has 2 rings (SSSR count). The molecule has 0 atom stereocenters. The van der Waals surface area contributed by atoms with Crippen LogP contribution in [0.1, 0.15) is 33.6 Å². The molecular formula is C17H27N3O2. The number of nitrogens with two attached hydrogens (primary N) is 1. The number of hydrogen-bond donors (Lipinski definition) is 2. The van der Waals surface area contributed by atoms with Crippen LogP contribution in [0.2, 0.25) is 0 Å². The first-order valence-corrected chi connectivity index (χ1v) is 7.88. The molecule has 1 aromatic rings. The molecule has 0 radical (unpaired) electrons. The fraction of sp³-hybridized carbons (Fsp3) is 0.588. The van der Waals surface area contributed by atoms with Crippen molar-refractivity contribution in [2.75, 3.05) is 30.3 Å². The average molecular weight is 305 g/mol. The quantitative estimate of drug-likeness (QED) is 0.841. The molecule has 122 valence electrons. The minimum Gasteiger partial charge on any atom is -0.465 e. The SMILES string of the molecule is CC(C)(C)N(CC1CCN(c2ccc(N)cc2)CC1)C(=O)O. The Morgan fingerprint density at radius 2 is 1.82 bits per heavy atom. The van der Waals surface area contributed by atoms with E-state index in [1.807, 2.05) is 45.0 Å². The highest BCUT2D eigenvalue weighted by Crippen LogP contribution is 2.26. The van der Waals surface area contributed by atoms with Crippen LogP contribution in [-0.4, -0.2) is 41.3 Å². The number of carbonyl (C=O) groups is 1. The molecule has 0 saturated carbocycles. The summed E-state index contributed by atoms with van der Waals surface area (Å²) in [5.74, 6) is 0.431. The molecule has 5 heteroatoms. The van der Waals surface area contributed by atoms with Crippen molar-refractivity contribution in [2.45, 2.75) is 39.2 Å². The van der Waals surface area contributed by atoms with Crippen LogP contribution in [0, 0.1) is 5.92 Å². The van der Waals surface area contributed by atoms with E-state index in [4.69, 9.17) is 5.73 Å². The third-order valence-corrected chi connectivity index (χ3v) is 4.35. The molecule has 0 unspecified atom stereocenters. The van der Waals surface area contributed by atoms with Crippen LogP contribution in [-0.2, 0) is 0 Å². The van der Waals surface area contributed by atoms with Crippen molar-refractivity contribution in [2.24, 2.45) is 5.92 Å². The lowest BCUT2D eigenvalue weighted by Gasteiger charge is -2.39. The van der Waals surface area contributed by atoms with Gasteiger partial charge in [-0.2, -0.15) is 0 Å². The molecule has 0 aliphatic carbocycles. The Labute approximate surface area is 132 Å². The molecule has 5 nitrogen and oxygen atoms in total. The minimum atomic E-state index is -0.825. The minimum absolute atomic E-state index is 0.347. The summed E-state index contributed by atoms with van der Waals surface area (Å²) in [7, 11) is 0. The van der Waals surface area contributed by atoms with Gasteiger partial charge in [-0.3, -0.25) is 0 Å². The largest absolute Gasteiger partial charge is 0.465 e. The Hall–Kier alpha value is -1.91. The predicted molar refractivity (Wildman–Crippen MR) is 90.3 cm³/mol. The van der Waals surface area contributed by atoms with Crippen LogP contribution in [0.25, 0.3) is 0 Å². The van der Waals surface area contributed by atoms with Gasteiger partial charge in [0.15, 0.2) is 0 Å². The fourth-order valence-electron chi connectivity index (χ4n) is 2.96. The van der Waals surface area contributed by atoms with Crippen molar-refractivity contribution in [3.8, 4) is 0 Å². The molecule has 0 bridgehead atoms. The Bertz CT molecular complexity index is 500. The zero-order valence-electron chi connectivity index (χ0n) is 13.7.